The van der Waals surface area contributed by atoms with Crippen LogP contribution in [-0.2, 0) is 0 Å². The standard InChI is InChI=1S/C24H20ClN3O3/c1-14-3-4-15(2)19(11-14)21-13-22-20-12-17(25)7-10-23(20)31-24(27(22)26-21)16-5-8-18(9-6-16)28(29)30/h3-12,22,24H,13H2,1-2H3/t22-,24+/m0/s1. The molecule has 5 rings (SSSR count). The van der Waals surface area contributed by atoms with Gasteiger partial charge in [-0.25, -0.2) is 5.01 Å². The Balaban J connectivity index is 1.60. The maximum atomic E-state index is 11.1. The van der Waals surface area contributed by atoms with Crippen molar-refractivity contribution in [3.63, 3.8) is 0 Å². The van der Waals surface area contributed by atoms with Crippen LogP contribution < -0.4 is 4.74 Å². The van der Waals surface area contributed by atoms with E-state index in [4.69, 9.17) is 21.4 Å². The van der Waals surface area contributed by atoms with Crippen LogP contribution >= 0.6 is 11.6 Å². The van der Waals surface area contributed by atoms with Crippen molar-refractivity contribution in [2.75, 3.05) is 0 Å². The summed E-state index contributed by atoms with van der Waals surface area (Å²) in [6, 6.07) is 18.4. The molecule has 31 heavy (non-hydrogen) atoms. The lowest BCUT2D eigenvalue weighted by Gasteiger charge is -2.38. The number of non-ortho nitro benzene ring substituents is 1. The molecule has 0 amide bonds. The first-order valence-electron chi connectivity index (χ1n) is 10.0. The minimum absolute atomic E-state index is 0.0300. The number of benzene rings is 3. The molecule has 6 nitrogen and oxygen atoms in total. The highest BCUT2D eigenvalue weighted by Crippen LogP contribution is 2.48. The van der Waals surface area contributed by atoms with E-state index in [9.17, 15) is 10.1 Å². The van der Waals surface area contributed by atoms with Gasteiger partial charge in [0.25, 0.3) is 5.69 Å². The molecular weight excluding hydrogens is 414 g/mol. The van der Waals surface area contributed by atoms with Crippen molar-refractivity contribution < 1.29 is 9.66 Å². The molecule has 7 heteroatoms. The second kappa shape index (κ2) is 7.39. The summed E-state index contributed by atoms with van der Waals surface area (Å²) >= 11 is 6.29. The Morgan fingerprint density at radius 3 is 2.61 bits per heavy atom. The molecule has 3 aromatic carbocycles. The predicted octanol–water partition coefficient (Wildman–Crippen LogP) is 6.11. The first kappa shape index (κ1) is 19.6. The fraction of sp³-hybridized carbons (Fsp3) is 0.208. The summed E-state index contributed by atoms with van der Waals surface area (Å²) in [5.41, 5.74) is 6.32. The Bertz CT molecular complexity index is 1220. The summed E-state index contributed by atoms with van der Waals surface area (Å²) in [4.78, 5) is 10.7. The molecule has 3 aromatic rings. The van der Waals surface area contributed by atoms with Gasteiger partial charge in [0.1, 0.15) is 5.75 Å². The van der Waals surface area contributed by atoms with E-state index in [2.05, 4.69) is 32.0 Å². The van der Waals surface area contributed by atoms with E-state index in [1.54, 1.807) is 12.1 Å². The average Bonchev–Trinajstić information content (AvgIpc) is 3.20. The lowest BCUT2D eigenvalue weighted by Crippen LogP contribution is -2.33. The molecule has 2 aliphatic rings. The van der Waals surface area contributed by atoms with E-state index >= 15 is 0 Å². The van der Waals surface area contributed by atoms with Gasteiger partial charge in [0.2, 0.25) is 6.23 Å². The number of hydrogen-bond acceptors (Lipinski definition) is 5. The molecule has 2 atom stereocenters. The van der Waals surface area contributed by atoms with E-state index in [-0.39, 0.29) is 11.7 Å². The maximum absolute atomic E-state index is 11.1. The summed E-state index contributed by atoms with van der Waals surface area (Å²) < 4.78 is 6.32. The van der Waals surface area contributed by atoms with Gasteiger partial charge in [0, 0.05) is 40.3 Å². The van der Waals surface area contributed by atoms with Crippen LogP contribution in [0.4, 0.5) is 5.69 Å². The molecule has 156 valence electrons. The van der Waals surface area contributed by atoms with E-state index in [0.717, 1.165) is 34.6 Å². The number of nitrogens with zero attached hydrogens (tertiary/aromatic N) is 3. The summed E-state index contributed by atoms with van der Waals surface area (Å²) in [5.74, 6) is 0.756. The van der Waals surface area contributed by atoms with Crippen LogP contribution in [0.1, 0.15) is 46.5 Å². The molecule has 0 radical (unpaired) electrons. The number of ether oxygens (including phenoxy) is 1. The second-order valence-corrected chi connectivity index (χ2v) is 8.40. The van der Waals surface area contributed by atoms with Crippen molar-refractivity contribution in [1.82, 2.24) is 5.01 Å². The number of hydrazone groups is 1. The number of halogens is 1. The summed E-state index contributed by atoms with van der Waals surface area (Å²) in [7, 11) is 0. The van der Waals surface area contributed by atoms with Crippen LogP contribution in [0.25, 0.3) is 0 Å². The van der Waals surface area contributed by atoms with Gasteiger partial charge in [-0.05, 0) is 55.8 Å². The lowest BCUT2D eigenvalue weighted by atomic mass is 9.93. The van der Waals surface area contributed by atoms with Crippen LogP contribution in [0.15, 0.2) is 65.8 Å². The van der Waals surface area contributed by atoms with Gasteiger partial charge in [-0.15, -0.1) is 0 Å². The third-order valence-corrected chi connectivity index (χ3v) is 6.08. The second-order valence-electron chi connectivity index (χ2n) is 7.97. The van der Waals surface area contributed by atoms with E-state index < -0.39 is 11.2 Å². The Labute approximate surface area is 184 Å². The lowest BCUT2D eigenvalue weighted by molar-refractivity contribution is -0.384. The van der Waals surface area contributed by atoms with Gasteiger partial charge in [-0.3, -0.25) is 10.1 Å². The first-order valence-corrected chi connectivity index (χ1v) is 10.4. The largest absolute Gasteiger partial charge is 0.464 e. The van der Waals surface area contributed by atoms with Crippen LogP contribution in [0, 0.1) is 24.0 Å². The smallest absolute Gasteiger partial charge is 0.269 e. The van der Waals surface area contributed by atoms with Crippen molar-refractivity contribution >= 4 is 23.0 Å². The minimum Gasteiger partial charge on any atom is -0.464 e. The van der Waals surface area contributed by atoms with Crippen molar-refractivity contribution in [3.05, 3.63) is 104 Å². The summed E-state index contributed by atoms with van der Waals surface area (Å²) in [6.07, 6.45) is 0.242. The number of rotatable bonds is 3. The number of hydrogen-bond donors (Lipinski definition) is 0. The van der Waals surface area contributed by atoms with Gasteiger partial charge in [0.05, 0.1) is 16.7 Å². The monoisotopic (exact) mass is 433 g/mol. The zero-order valence-corrected chi connectivity index (χ0v) is 17.8. The first-order chi connectivity index (χ1) is 14.9. The molecule has 2 aliphatic heterocycles. The molecule has 0 saturated carbocycles. The van der Waals surface area contributed by atoms with Gasteiger partial charge >= 0.3 is 0 Å². The number of aryl methyl sites for hydroxylation is 2. The molecular formula is C24H20ClN3O3. The van der Waals surface area contributed by atoms with Crippen molar-refractivity contribution in [2.45, 2.75) is 32.5 Å². The minimum atomic E-state index is -0.484. The number of fused-ring (bicyclic) bond motifs is 3. The van der Waals surface area contributed by atoms with Crippen LogP contribution in [-0.4, -0.2) is 15.6 Å². The Kier molecular flexibility index (Phi) is 4.67. The molecule has 0 N–H and O–H groups in total. The Morgan fingerprint density at radius 1 is 1.10 bits per heavy atom. The van der Waals surface area contributed by atoms with Crippen LogP contribution in [0.3, 0.4) is 0 Å². The van der Waals surface area contributed by atoms with Crippen LogP contribution in [0.2, 0.25) is 5.02 Å². The van der Waals surface area contributed by atoms with Crippen molar-refractivity contribution in [2.24, 2.45) is 5.10 Å². The summed E-state index contributed by atoms with van der Waals surface area (Å²) in [5, 5.41) is 18.6. The molecule has 0 spiro atoms. The zero-order chi connectivity index (χ0) is 21.7. The highest BCUT2D eigenvalue weighted by molar-refractivity contribution is 6.30. The van der Waals surface area contributed by atoms with Crippen molar-refractivity contribution in [1.29, 1.82) is 0 Å². The summed E-state index contributed by atoms with van der Waals surface area (Å²) in [6.45, 7) is 4.16. The van der Waals surface area contributed by atoms with E-state index in [1.165, 1.54) is 23.3 Å². The Hall–Kier alpha value is -3.38. The highest BCUT2D eigenvalue weighted by Gasteiger charge is 2.41. The molecule has 0 aromatic heterocycles. The molecule has 0 fully saturated rings. The van der Waals surface area contributed by atoms with Gasteiger partial charge in [-0.2, -0.15) is 5.10 Å². The number of nitro benzene ring substituents is 1. The normalized spacial score (nSPS) is 19.3. The van der Waals surface area contributed by atoms with E-state index in [0.29, 0.717) is 5.02 Å². The molecule has 0 aliphatic carbocycles. The third-order valence-electron chi connectivity index (χ3n) is 5.84. The average molecular weight is 434 g/mol. The molecule has 0 unspecified atom stereocenters. The molecule has 2 heterocycles. The molecule has 0 bridgehead atoms. The van der Waals surface area contributed by atoms with E-state index in [1.807, 2.05) is 23.2 Å². The fourth-order valence-corrected chi connectivity index (χ4v) is 4.43. The SMILES string of the molecule is Cc1ccc(C)c(C2=NN3[C@@H](c4ccc([N+](=O)[O-])cc4)Oc4ccc(Cl)cc4[C@@H]3C2)c1. The predicted molar refractivity (Wildman–Crippen MR) is 120 cm³/mol. The fourth-order valence-electron chi connectivity index (χ4n) is 4.25. The van der Waals surface area contributed by atoms with Gasteiger partial charge in [0.15, 0.2) is 0 Å². The topological polar surface area (TPSA) is 68.0 Å². The van der Waals surface area contributed by atoms with Gasteiger partial charge < -0.3 is 4.74 Å². The zero-order valence-electron chi connectivity index (χ0n) is 17.1. The quantitative estimate of drug-likeness (QED) is 0.369. The molecule has 0 saturated heterocycles. The van der Waals surface area contributed by atoms with Gasteiger partial charge in [-0.1, -0.05) is 29.3 Å². The number of nitro groups is 1. The maximum Gasteiger partial charge on any atom is 0.269 e. The Morgan fingerprint density at radius 2 is 1.87 bits per heavy atom. The van der Waals surface area contributed by atoms with Crippen molar-refractivity contribution in [3.8, 4) is 5.75 Å². The third kappa shape index (κ3) is 3.43. The van der Waals surface area contributed by atoms with Crippen LogP contribution in [0.5, 0.6) is 5.75 Å². The highest BCUT2D eigenvalue weighted by atomic mass is 35.5.